The number of amides is 1. The van der Waals surface area contributed by atoms with Gasteiger partial charge in [-0.25, -0.2) is 0 Å². The van der Waals surface area contributed by atoms with Crippen molar-refractivity contribution in [2.45, 2.75) is 51.6 Å². The third-order valence-electron chi connectivity index (χ3n) is 3.77. The Bertz CT molecular complexity index is 405. The minimum atomic E-state index is -4.09. The number of piperidine rings is 1. The molecule has 142 valence electrons. The van der Waals surface area contributed by atoms with Crippen LogP contribution in [0, 0.1) is 5.92 Å². The van der Waals surface area contributed by atoms with Crippen molar-refractivity contribution >= 4 is 35.8 Å². The Labute approximate surface area is 158 Å². The molecule has 24 heavy (non-hydrogen) atoms. The molecule has 1 unspecified atom stereocenters. The predicted molar refractivity (Wildman–Crippen MR) is 99.4 cm³/mol. The zero-order valence-corrected chi connectivity index (χ0v) is 16.4. The Morgan fingerprint density at radius 3 is 2.67 bits per heavy atom. The molecule has 0 aromatic rings. The number of carbonyl (C=O) groups excluding carboxylic acids is 1. The van der Waals surface area contributed by atoms with E-state index in [4.69, 9.17) is 5.73 Å². The van der Waals surface area contributed by atoms with E-state index in [0.717, 1.165) is 19.4 Å². The number of carbonyl (C=O) groups is 1. The summed E-state index contributed by atoms with van der Waals surface area (Å²) >= 11 is 0. The number of likely N-dealkylation sites (tertiary alicyclic amines) is 1. The van der Waals surface area contributed by atoms with Gasteiger partial charge in [-0.15, -0.1) is 24.0 Å². The number of alkyl halides is 3. The van der Waals surface area contributed by atoms with Crippen LogP contribution >= 0.6 is 24.0 Å². The molecule has 0 spiro atoms. The highest BCUT2D eigenvalue weighted by atomic mass is 127. The van der Waals surface area contributed by atoms with Crippen molar-refractivity contribution in [1.82, 2.24) is 10.2 Å². The van der Waals surface area contributed by atoms with Crippen LogP contribution in [0.4, 0.5) is 13.2 Å². The number of hydrogen-bond donors (Lipinski definition) is 2. The molecule has 1 aliphatic rings. The van der Waals surface area contributed by atoms with Gasteiger partial charge in [0.25, 0.3) is 0 Å². The molecule has 0 aliphatic carbocycles. The van der Waals surface area contributed by atoms with Gasteiger partial charge in [0.15, 0.2) is 5.96 Å². The maximum atomic E-state index is 12.1. The maximum Gasteiger partial charge on any atom is 0.389 e. The summed E-state index contributed by atoms with van der Waals surface area (Å²) in [5, 5.41) is 3.17. The second-order valence-electron chi connectivity index (χ2n) is 5.93. The average Bonchev–Trinajstić information content (AvgIpc) is 2.44. The SMILES string of the molecule is CCNC(=NCCCCC(F)(F)F)N1CCCC(CC(N)=O)C1.I. The molecule has 0 aromatic heterocycles. The zero-order chi connectivity index (χ0) is 17.3. The summed E-state index contributed by atoms with van der Waals surface area (Å²) in [5.41, 5.74) is 5.26. The lowest BCUT2D eigenvalue weighted by Gasteiger charge is -2.34. The van der Waals surface area contributed by atoms with Crippen LogP contribution in [0.2, 0.25) is 0 Å². The van der Waals surface area contributed by atoms with Crippen molar-refractivity contribution in [2.24, 2.45) is 16.6 Å². The summed E-state index contributed by atoms with van der Waals surface area (Å²) in [7, 11) is 0. The molecule has 9 heteroatoms. The molecule has 1 rings (SSSR count). The first-order chi connectivity index (χ1) is 10.8. The monoisotopic (exact) mass is 464 g/mol. The number of primary amides is 1. The molecule has 0 bridgehead atoms. The maximum absolute atomic E-state index is 12.1. The van der Waals surface area contributed by atoms with E-state index in [1.165, 1.54) is 0 Å². The number of unbranched alkanes of at least 4 members (excludes halogenated alkanes) is 1. The van der Waals surface area contributed by atoms with E-state index in [-0.39, 0.29) is 42.2 Å². The summed E-state index contributed by atoms with van der Waals surface area (Å²) in [5.74, 6) is 0.634. The molecule has 1 fully saturated rings. The lowest BCUT2D eigenvalue weighted by Crippen LogP contribution is -2.47. The molecular formula is C15H28F3IN4O. The van der Waals surface area contributed by atoms with Gasteiger partial charge in [0.2, 0.25) is 5.91 Å². The first kappa shape index (κ1) is 23.3. The summed E-state index contributed by atoms with van der Waals surface area (Å²) < 4.78 is 36.3. The number of halogens is 4. The highest BCUT2D eigenvalue weighted by molar-refractivity contribution is 14.0. The molecule has 0 saturated carbocycles. The van der Waals surface area contributed by atoms with Crippen molar-refractivity contribution < 1.29 is 18.0 Å². The highest BCUT2D eigenvalue weighted by Gasteiger charge is 2.26. The fourth-order valence-electron chi connectivity index (χ4n) is 2.76. The zero-order valence-electron chi connectivity index (χ0n) is 14.1. The molecule has 1 aliphatic heterocycles. The molecule has 3 N–H and O–H groups in total. The molecule has 0 radical (unpaired) electrons. The van der Waals surface area contributed by atoms with Crippen molar-refractivity contribution in [1.29, 1.82) is 0 Å². The highest BCUT2D eigenvalue weighted by Crippen LogP contribution is 2.22. The predicted octanol–water partition coefficient (Wildman–Crippen LogP) is 2.89. The lowest BCUT2D eigenvalue weighted by atomic mass is 9.95. The smallest absolute Gasteiger partial charge is 0.370 e. The largest absolute Gasteiger partial charge is 0.389 e. The molecule has 1 amide bonds. The van der Waals surface area contributed by atoms with E-state index in [1.54, 1.807) is 0 Å². The summed E-state index contributed by atoms with van der Waals surface area (Å²) in [4.78, 5) is 17.6. The summed E-state index contributed by atoms with van der Waals surface area (Å²) in [6, 6.07) is 0. The molecule has 0 aromatic carbocycles. The summed E-state index contributed by atoms with van der Waals surface area (Å²) in [6.07, 6.45) is -2.07. The number of rotatable bonds is 7. The van der Waals surface area contributed by atoms with Gasteiger partial charge in [-0.3, -0.25) is 9.79 Å². The van der Waals surface area contributed by atoms with Crippen molar-refractivity contribution in [3.8, 4) is 0 Å². The Hall–Kier alpha value is -0.740. The van der Waals surface area contributed by atoms with Crippen LogP contribution in [0.3, 0.4) is 0 Å². The summed E-state index contributed by atoms with van der Waals surface area (Å²) in [6.45, 7) is 4.55. The first-order valence-corrected chi connectivity index (χ1v) is 8.20. The minimum absolute atomic E-state index is 0. The van der Waals surface area contributed by atoms with Gasteiger partial charge in [0, 0.05) is 39.0 Å². The van der Waals surface area contributed by atoms with Gasteiger partial charge in [-0.05, 0) is 38.5 Å². The number of hydrogen-bond acceptors (Lipinski definition) is 2. The molecule has 1 saturated heterocycles. The van der Waals surface area contributed by atoms with Crippen molar-refractivity contribution in [3.05, 3.63) is 0 Å². The average molecular weight is 464 g/mol. The van der Waals surface area contributed by atoms with E-state index in [0.29, 0.717) is 38.4 Å². The lowest BCUT2D eigenvalue weighted by molar-refractivity contribution is -0.135. The van der Waals surface area contributed by atoms with Gasteiger partial charge in [0.1, 0.15) is 0 Å². The second kappa shape index (κ2) is 11.8. The van der Waals surface area contributed by atoms with Gasteiger partial charge in [-0.2, -0.15) is 13.2 Å². The fourth-order valence-corrected chi connectivity index (χ4v) is 2.76. The van der Waals surface area contributed by atoms with Crippen LogP contribution < -0.4 is 11.1 Å². The molecule has 1 atom stereocenters. The molecular weight excluding hydrogens is 436 g/mol. The van der Waals surface area contributed by atoms with Gasteiger partial charge in [0.05, 0.1) is 0 Å². The minimum Gasteiger partial charge on any atom is -0.370 e. The van der Waals surface area contributed by atoms with Gasteiger partial charge >= 0.3 is 6.18 Å². The Kier molecular flexibility index (Phi) is 11.4. The first-order valence-electron chi connectivity index (χ1n) is 8.20. The number of aliphatic imine (C=N–C) groups is 1. The van der Waals surface area contributed by atoms with Crippen molar-refractivity contribution in [3.63, 3.8) is 0 Å². The Morgan fingerprint density at radius 2 is 2.08 bits per heavy atom. The second-order valence-corrected chi connectivity index (χ2v) is 5.93. The standard InChI is InChI=1S/C15H27F3N4O.HI/c1-2-20-14(21-8-4-3-7-15(16,17)18)22-9-5-6-12(11-22)10-13(19)23;/h12H,2-11H2,1H3,(H2,19,23)(H,20,21);1H. The van der Waals surface area contributed by atoms with E-state index in [1.807, 2.05) is 6.92 Å². The molecule has 5 nitrogen and oxygen atoms in total. The fraction of sp³-hybridized carbons (Fsp3) is 0.867. The van der Waals surface area contributed by atoms with Crippen LogP contribution in [0.1, 0.15) is 45.4 Å². The van der Waals surface area contributed by atoms with Gasteiger partial charge in [-0.1, -0.05) is 0 Å². The third-order valence-corrected chi connectivity index (χ3v) is 3.77. The van der Waals surface area contributed by atoms with Crippen LogP contribution in [0.25, 0.3) is 0 Å². The number of guanidine groups is 1. The number of nitrogens with two attached hydrogens (primary N) is 1. The van der Waals surface area contributed by atoms with Crippen LogP contribution in [-0.4, -0.2) is 49.1 Å². The van der Waals surface area contributed by atoms with E-state index in [9.17, 15) is 18.0 Å². The number of nitrogens with one attached hydrogen (secondary N) is 1. The Morgan fingerprint density at radius 1 is 1.38 bits per heavy atom. The van der Waals surface area contributed by atoms with Crippen LogP contribution in [0.15, 0.2) is 4.99 Å². The molecule has 1 heterocycles. The van der Waals surface area contributed by atoms with E-state index >= 15 is 0 Å². The number of nitrogens with zero attached hydrogens (tertiary/aromatic N) is 2. The van der Waals surface area contributed by atoms with Crippen molar-refractivity contribution in [2.75, 3.05) is 26.2 Å². The third kappa shape index (κ3) is 10.2. The Balaban J connectivity index is 0.00000529. The van der Waals surface area contributed by atoms with E-state index in [2.05, 4.69) is 15.2 Å². The quantitative estimate of drug-likeness (QED) is 0.264. The normalized spacial score (nSPS) is 18.9. The topological polar surface area (TPSA) is 70.7 Å². The van der Waals surface area contributed by atoms with Crippen LogP contribution in [-0.2, 0) is 4.79 Å². The van der Waals surface area contributed by atoms with Gasteiger partial charge < -0.3 is 16.0 Å². The van der Waals surface area contributed by atoms with Crippen LogP contribution in [0.5, 0.6) is 0 Å². The van der Waals surface area contributed by atoms with E-state index < -0.39 is 12.6 Å².